The van der Waals surface area contributed by atoms with E-state index in [-0.39, 0.29) is 23.5 Å². The van der Waals surface area contributed by atoms with Gasteiger partial charge in [-0.1, -0.05) is 6.07 Å². The van der Waals surface area contributed by atoms with Crippen molar-refractivity contribution in [1.82, 2.24) is 43.5 Å². The molecule has 0 unspecified atom stereocenters. The molecule has 2 atom stereocenters. The summed E-state index contributed by atoms with van der Waals surface area (Å²) in [6, 6.07) is 6.75. The fraction of sp³-hybridized carbons (Fsp3) is 0.280. The standard InChI is InChI=1S/C25H21F6N9O3/c1-15(24(43,9-37-12-32-11-33-37)19-7-2-16(26)8-20(19)27)39-23(42)38(14-35-39)17-3-5-18(6-4-17)40-22(41)36(13-34-40)10-25(30,31)21(28)29/h2-8,11-15,21,43H,9-10H2,1H3/t15-,24-/m1/s1. The maximum Gasteiger partial charge on any atom is 0.350 e. The van der Waals surface area contributed by atoms with Gasteiger partial charge in [-0.25, -0.2) is 46.1 Å². The third-order valence-electron chi connectivity index (χ3n) is 6.82. The second-order valence-corrected chi connectivity index (χ2v) is 9.58. The normalized spacial score (nSPS) is 14.3. The summed E-state index contributed by atoms with van der Waals surface area (Å²) < 4.78 is 84.7. The summed E-state index contributed by atoms with van der Waals surface area (Å²) in [6.07, 6.45) is 0.303. The van der Waals surface area contributed by atoms with Crippen molar-refractivity contribution < 1.29 is 31.4 Å². The Hall–Kier alpha value is -5.00. The van der Waals surface area contributed by atoms with Crippen LogP contribution in [0.5, 0.6) is 0 Å². The van der Waals surface area contributed by atoms with Crippen LogP contribution in [0.15, 0.2) is 77.4 Å². The van der Waals surface area contributed by atoms with Crippen molar-refractivity contribution in [3.8, 4) is 11.4 Å². The Labute approximate surface area is 236 Å². The summed E-state index contributed by atoms with van der Waals surface area (Å²) in [7, 11) is 0. The van der Waals surface area contributed by atoms with Gasteiger partial charge in [0.25, 0.3) is 0 Å². The first kappa shape index (κ1) is 29.5. The number of alkyl halides is 4. The van der Waals surface area contributed by atoms with E-state index in [2.05, 4.69) is 20.3 Å². The molecule has 0 aliphatic rings. The predicted molar refractivity (Wildman–Crippen MR) is 135 cm³/mol. The minimum Gasteiger partial charge on any atom is -0.381 e. The van der Waals surface area contributed by atoms with Crippen LogP contribution < -0.4 is 11.4 Å². The lowest BCUT2D eigenvalue weighted by Crippen LogP contribution is -2.44. The number of aliphatic hydroxyl groups is 1. The van der Waals surface area contributed by atoms with Crippen LogP contribution in [0.4, 0.5) is 26.3 Å². The Balaban J connectivity index is 1.45. The highest BCUT2D eigenvalue weighted by Crippen LogP contribution is 2.36. The Morgan fingerprint density at radius 2 is 1.58 bits per heavy atom. The van der Waals surface area contributed by atoms with Crippen molar-refractivity contribution in [2.24, 2.45) is 0 Å². The number of benzene rings is 2. The van der Waals surface area contributed by atoms with Crippen LogP contribution in [-0.2, 0) is 18.7 Å². The van der Waals surface area contributed by atoms with Gasteiger partial charge in [-0.3, -0.25) is 4.57 Å². The van der Waals surface area contributed by atoms with Gasteiger partial charge in [0.2, 0.25) is 0 Å². The molecule has 5 rings (SSSR count). The van der Waals surface area contributed by atoms with E-state index in [1.165, 1.54) is 48.5 Å². The molecule has 0 bridgehead atoms. The first-order valence-corrected chi connectivity index (χ1v) is 12.4. The van der Waals surface area contributed by atoms with Gasteiger partial charge >= 0.3 is 23.7 Å². The summed E-state index contributed by atoms with van der Waals surface area (Å²) in [6.45, 7) is -0.545. The molecule has 0 saturated heterocycles. The molecule has 12 nitrogen and oxygen atoms in total. The van der Waals surface area contributed by atoms with Gasteiger partial charge in [0.05, 0.1) is 30.5 Å². The highest BCUT2D eigenvalue weighted by Gasteiger charge is 2.43. The van der Waals surface area contributed by atoms with Gasteiger partial charge in [0.15, 0.2) is 0 Å². The monoisotopic (exact) mass is 609 g/mol. The molecule has 0 fully saturated rings. The summed E-state index contributed by atoms with van der Waals surface area (Å²) in [5, 5.41) is 23.4. The van der Waals surface area contributed by atoms with Crippen LogP contribution in [0.1, 0.15) is 18.5 Å². The van der Waals surface area contributed by atoms with Gasteiger partial charge in [-0.05, 0) is 37.3 Å². The highest BCUT2D eigenvalue weighted by molar-refractivity contribution is 5.40. The van der Waals surface area contributed by atoms with Crippen LogP contribution in [0.2, 0.25) is 0 Å². The number of halogens is 6. The fourth-order valence-electron chi connectivity index (χ4n) is 4.48. The third-order valence-corrected chi connectivity index (χ3v) is 6.82. The van der Waals surface area contributed by atoms with Crippen molar-refractivity contribution in [3.05, 3.63) is 106 Å². The van der Waals surface area contributed by atoms with Crippen LogP contribution in [0.25, 0.3) is 11.4 Å². The lowest BCUT2D eigenvalue weighted by atomic mass is 9.86. The molecule has 0 spiro atoms. The molecular formula is C25H21F6N9O3. The first-order chi connectivity index (χ1) is 20.3. The van der Waals surface area contributed by atoms with Gasteiger partial charge in [-0.15, -0.1) is 0 Å². The van der Waals surface area contributed by atoms with E-state index >= 15 is 0 Å². The van der Waals surface area contributed by atoms with E-state index in [0.717, 1.165) is 27.7 Å². The lowest BCUT2D eigenvalue weighted by Gasteiger charge is -2.34. The van der Waals surface area contributed by atoms with E-state index < -0.39 is 53.5 Å². The lowest BCUT2D eigenvalue weighted by molar-refractivity contribution is -0.138. The third kappa shape index (κ3) is 5.47. The quantitative estimate of drug-likeness (QED) is 0.241. The van der Waals surface area contributed by atoms with Gasteiger partial charge in [0.1, 0.15) is 42.5 Å². The minimum atomic E-state index is -4.44. The number of nitrogens with zero attached hydrogens (tertiary/aromatic N) is 9. The maximum atomic E-state index is 14.9. The SMILES string of the molecule is C[C@@H](n1ncn(-c2ccc(-n3ncn(CC(F)(F)C(F)F)c3=O)cc2)c1=O)[C@](O)(Cn1cncn1)c1ccc(F)cc1F. The van der Waals surface area contributed by atoms with Crippen LogP contribution >= 0.6 is 0 Å². The van der Waals surface area contributed by atoms with Crippen molar-refractivity contribution >= 4 is 0 Å². The predicted octanol–water partition coefficient (Wildman–Crippen LogP) is 2.30. The molecule has 2 aromatic carbocycles. The number of hydrogen-bond donors (Lipinski definition) is 1. The van der Waals surface area contributed by atoms with Gasteiger partial charge in [0, 0.05) is 11.6 Å². The zero-order valence-electron chi connectivity index (χ0n) is 22.0. The van der Waals surface area contributed by atoms with Gasteiger partial charge in [-0.2, -0.15) is 28.8 Å². The maximum absolute atomic E-state index is 14.9. The van der Waals surface area contributed by atoms with Crippen LogP contribution in [-0.4, -0.2) is 60.9 Å². The Bertz CT molecular complexity index is 1850. The fourth-order valence-corrected chi connectivity index (χ4v) is 4.48. The molecule has 43 heavy (non-hydrogen) atoms. The summed E-state index contributed by atoms with van der Waals surface area (Å²) in [5.41, 5.74) is -4.05. The number of rotatable bonds is 10. The van der Waals surface area contributed by atoms with Crippen LogP contribution in [0.3, 0.4) is 0 Å². The number of hydrogen-bond acceptors (Lipinski definition) is 7. The average Bonchev–Trinajstić information content (AvgIpc) is 3.69. The second kappa shape index (κ2) is 11.0. The highest BCUT2D eigenvalue weighted by atomic mass is 19.3. The molecule has 226 valence electrons. The van der Waals surface area contributed by atoms with Gasteiger partial charge < -0.3 is 5.11 Å². The molecule has 0 aliphatic carbocycles. The van der Waals surface area contributed by atoms with Crippen molar-refractivity contribution in [2.45, 2.75) is 44.0 Å². The molecule has 1 N–H and O–H groups in total. The molecule has 0 aliphatic heterocycles. The summed E-state index contributed by atoms with van der Waals surface area (Å²) in [5.74, 6) is -6.38. The first-order valence-electron chi connectivity index (χ1n) is 12.4. The Kier molecular flexibility index (Phi) is 7.55. The van der Waals surface area contributed by atoms with Crippen LogP contribution in [0, 0.1) is 11.6 Å². The number of aromatic nitrogens is 9. The summed E-state index contributed by atoms with van der Waals surface area (Å²) in [4.78, 5) is 29.6. The van der Waals surface area contributed by atoms with E-state index in [0.29, 0.717) is 21.6 Å². The smallest absolute Gasteiger partial charge is 0.350 e. The van der Waals surface area contributed by atoms with E-state index in [9.17, 15) is 41.0 Å². The molecule has 18 heteroatoms. The summed E-state index contributed by atoms with van der Waals surface area (Å²) >= 11 is 0. The molecule has 3 aromatic heterocycles. The molecule has 0 radical (unpaired) electrons. The zero-order chi connectivity index (χ0) is 31.1. The van der Waals surface area contributed by atoms with Crippen molar-refractivity contribution in [2.75, 3.05) is 0 Å². The minimum absolute atomic E-state index is 0.0793. The topological polar surface area (TPSA) is 131 Å². The molecule has 0 amide bonds. The second-order valence-electron chi connectivity index (χ2n) is 9.58. The van der Waals surface area contributed by atoms with Crippen molar-refractivity contribution in [3.63, 3.8) is 0 Å². The molecular weight excluding hydrogens is 588 g/mol. The van der Waals surface area contributed by atoms with Crippen molar-refractivity contribution in [1.29, 1.82) is 0 Å². The van der Waals surface area contributed by atoms with E-state index in [4.69, 9.17) is 0 Å². The Morgan fingerprint density at radius 1 is 0.884 bits per heavy atom. The zero-order valence-corrected chi connectivity index (χ0v) is 22.0. The Morgan fingerprint density at radius 3 is 2.21 bits per heavy atom. The average molecular weight is 609 g/mol. The van der Waals surface area contributed by atoms with E-state index in [1.807, 2.05) is 0 Å². The molecule has 5 aromatic rings. The largest absolute Gasteiger partial charge is 0.381 e. The molecule has 0 saturated carbocycles. The molecule has 3 heterocycles. The van der Waals surface area contributed by atoms with E-state index in [1.54, 1.807) is 0 Å².